The van der Waals surface area contributed by atoms with Gasteiger partial charge in [0.25, 0.3) is 0 Å². The van der Waals surface area contributed by atoms with Crippen molar-refractivity contribution < 1.29 is 9.47 Å². The van der Waals surface area contributed by atoms with Crippen molar-refractivity contribution in [1.29, 1.82) is 0 Å². The Morgan fingerprint density at radius 1 is 1.20 bits per heavy atom. The van der Waals surface area contributed by atoms with Gasteiger partial charge in [-0.05, 0) is 49.4 Å². The molecule has 2 aliphatic carbocycles. The van der Waals surface area contributed by atoms with Gasteiger partial charge in [0.2, 0.25) is 0 Å². The number of ether oxygens (including phenoxy) is 2. The molecule has 1 N–H and O–H groups in total. The maximum absolute atomic E-state index is 5.84. The molecule has 3 heteroatoms. The lowest BCUT2D eigenvalue weighted by molar-refractivity contribution is 0.0604. The largest absolute Gasteiger partial charge is 0.383 e. The first-order valence-corrected chi connectivity index (χ1v) is 8.58. The zero-order valence-corrected chi connectivity index (χ0v) is 13.5. The van der Waals surface area contributed by atoms with Gasteiger partial charge >= 0.3 is 0 Å². The second-order valence-electron chi connectivity index (χ2n) is 6.83. The maximum atomic E-state index is 5.84. The lowest BCUT2D eigenvalue weighted by Crippen LogP contribution is -2.40. The van der Waals surface area contributed by atoms with Crippen LogP contribution in [0.15, 0.2) is 0 Å². The Morgan fingerprint density at radius 3 is 2.75 bits per heavy atom. The van der Waals surface area contributed by atoms with E-state index in [0.29, 0.717) is 5.41 Å². The Bertz CT molecular complexity index is 272. The monoisotopic (exact) mass is 283 g/mol. The molecule has 0 aromatic rings. The van der Waals surface area contributed by atoms with Gasteiger partial charge in [0.05, 0.1) is 6.61 Å². The molecule has 118 valence electrons. The van der Waals surface area contributed by atoms with E-state index in [4.69, 9.17) is 9.47 Å². The van der Waals surface area contributed by atoms with Gasteiger partial charge in [-0.15, -0.1) is 0 Å². The van der Waals surface area contributed by atoms with Gasteiger partial charge in [0, 0.05) is 33.4 Å². The highest BCUT2D eigenvalue weighted by Gasteiger charge is 2.49. The van der Waals surface area contributed by atoms with Gasteiger partial charge in [0.15, 0.2) is 0 Å². The van der Waals surface area contributed by atoms with E-state index in [1.165, 1.54) is 44.9 Å². The fourth-order valence-electron chi connectivity index (χ4n) is 4.30. The van der Waals surface area contributed by atoms with Crippen LogP contribution in [0.5, 0.6) is 0 Å². The van der Waals surface area contributed by atoms with E-state index in [0.717, 1.165) is 44.7 Å². The highest BCUT2D eigenvalue weighted by molar-refractivity contribution is 5.01. The van der Waals surface area contributed by atoms with Crippen molar-refractivity contribution in [3.8, 4) is 0 Å². The highest BCUT2D eigenvalue weighted by Crippen LogP contribution is 2.57. The van der Waals surface area contributed by atoms with Gasteiger partial charge in [-0.25, -0.2) is 0 Å². The molecule has 20 heavy (non-hydrogen) atoms. The first-order valence-electron chi connectivity index (χ1n) is 8.58. The van der Waals surface area contributed by atoms with E-state index >= 15 is 0 Å². The lowest BCUT2D eigenvalue weighted by atomic mass is 9.71. The molecule has 2 rings (SSSR count). The molecule has 0 heterocycles. The van der Waals surface area contributed by atoms with Crippen LogP contribution < -0.4 is 5.32 Å². The fourth-order valence-corrected chi connectivity index (χ4v) is 4.30. The van der Waals surface area contributed by atoms with Crippen LogP contribution in [0.1, 0.15) is 51.9 Å². The van der Waals surface area contributed by atoms with Crippen molar-refractivity contribution in [3.05, 3.63) is 0 Å². The minimum atomic E-state index is 0.517. The third-order valence-corrected chi connectivity index (χ3v) is 5.45. The summed E-state index contributed by atoms with van der Waals surface area (Å²) in [5.41, 5.74) is 0.517. The van der Waals surface area contributed by atoms with Crippen molar-refractivity contribution in [1.82, 2.24) is 5.32 Å². The molecule has 0 spiro atoms. The highest BCUT2D eigenvalue weighted by atomic mass is 16.5. The van der Waals surface area contributed by atoms with Crippen LogP contribution in [0, 0.1) is 17.3 Å². The summed E-state index contributed by atoms with van der Waals surface area (Å²) in [7, 11) is 1.77. The minimum absolute atomic E-state index is 0.517. The van der Waals surface area contributed by atoms with Crippen LogP contribution in [0.4, 0.5) is 0 Å². The first-order chi connectivity index (χ1) is 9.80. The molecule has 0 radical (unpaired) electrons. The summed E-state index contributed by atoms with van der Waals surface area (Å²) in [4.78, 5) is 0. The molecule has 2 bridgehead atoms. The van der Waals surface area contributed by atoms with Crippen LogP contribution in [0.25, 0.3) is 0 Å². The smallest absolute Gasteiger partial charge is 0.0587 e. The van der Waals surface area contributed by atoms with Crippen molar-refractivity contribution in [2.45, 2.75) is 51.9 Å². The average Bonchev–Trinajstić information content (AvgIpc) is 3.05. The Kier molecular flexibility index (Phi) is 6.79. The molecule has 2 fully saturated rings. The van der Waals surface area contributed by atoms with E-state index in [1.807, 2.05) is 0 Å². The van der Waals surface area contributed by atoms with E-state index in [1.54, 1.807) is 7.11 Å². The van der Waals surface area contributed by atoms with Crippen LogP contribution >= 0.6 is 0 Å². The van der Waals surface area contributed by atoms with Gasteiger partial charge in [0.1, 0.15) is 0 Å². The fraction of sp³-hybridized carbons (Fsp3) is 1.00. The summed E-state index contributed by atoms with van der Waals surface area (Å²) in [5, 5.41) is 3.63. The molecule has 0 aromatic heterocycles. The van der Waals surface area contributed by atoms with Crippen LogP contribution in [0.2, 0.25) is 0 Å². The topological polar surface area (TPSA) is 30.5 Å². The Morgan fingerprint density at radius 2 is 2.10 bits per heavy atom. The number of hydrogen-bond acceptors (Lipinski definition) is 3. The number of nitrogens with one attached hydrogen (secondary N) is 1. The molecular formula is C17H33NO2. The predicted molar refractivity (Wildman–Crippen MR) is 83.0 cm³/mol. The Labute approximate surface area is 124 Å². The van der Waals surface area contributed by atoms with E-state index in [9.17, 15) is 0 Å². The number of rotatable bonds is 11. The number of methoxy groups -OCH3 is 1. The molecule has 3 nitrogen and oxygen atoms in total. The molecule has 0 amide bonds. The molecule has 0 aromatic carbocycles. The standard InChI is InChI=1S/C17H33NO2/c1-3-4-9-20-10-7-17(14-18-8-11-19-2)13-15-5-6-16(17)12-15/h15-16,18H,3-14H2,1-2H3. The minimum Gasteiger partial charge on any atom is -0.383 e. The van der Waals surface area contributed by atoms with E-state index < -0.39 is 0 Å². The summed E-state index contributed by atoms with van der Waals surface area (Å²) >= 11 is 0. The third-order valence-electron chi connectivity index (χ3n) is 5.45. The SMILES string of the molecule is CCCCOCCC1(CNCCOC)CC2CCC1C2. The van der Waals surface area contributed by atoms with Crippen molar-refractivity contribution in [2.75, 3.05) is 40.0 Å². The molecule has 2 aliphatic rings. The number of fused-ring (bicyclic) bond motifs is 2. The third kappa shape index (κ3) is 4.19. The molecule has 0 saturated heterocycles. The van der Waals surface area contributed by atoms with E-state index in [-0.39, 0.29) is 0 Å². The van der Waals surface area contributed by atoms with Crippen molar-refractivity contribution in [3.63, 3.8) is 0 Å². The molecule has 3 unspecified atom stereocenters. The van der Waals surface area contributed by atoms with Crippen LogP contribution in [-0.2, 0) is 9.47 Å². The predicted octanol–water partition coefficient (Wildman–Crippen LogP) is 3.24. The van der Waals surface area contributed by atoms with Gasteiger partial charge in [-0.1, -0.05) is 19.8 Å². The van der Waals surface area contributed by atoms with Gasteiger partial charge in [-0.2, -0.15) is 0 Å². The zero-order valence-electron chi connectivity index (χ0n) is 13.5. The molecule has 2 saturated carbocycles. The second-order valence-corrected chi connectivity index (χ2v) is 6.83. The zero-order chi connectivity index (χ0) is 14.3. The Balaban J connectivity index is 1.75. The summed E-state index contributed by atoms with van der Waals surface area (Å²) in [6.07, 6.45) is 9.50. The quantitative estimate of drug-likeness (QED) is 0.591. The maximum Gasteiger partial charge on any atom is 0.0587 e. The summed E-state index contributed by atoms with van der Waals surface area (Å²) in [6, 6.07) is 0. The van der Waals surface area contributed by atoms with E-state index in [2.05, 4.69) is 12.2 Å². The summed E-state index contributed by atoms with van der Waals surface area (Å²) in [6.45, 7) is 7.08. The van der Waals surface area contributed by atoms with Crippen LogP contribution in [0.3, 0.4) is 0 Å². The van der Waals surface area contributed by atoms with Gasteiger partial charge in [-0.3, -0.25) is 0 Å². The number of hydrogen-bond donors (Lipinski definition) is 1. The number of unbranched alkanes of at least 4 members (excludes halogenated alkanes) is 1. The Hall–Kier alpha value is -0.120. The van der Waals surface area contributed by atoms with Crippen LogP contribution in [-0.4, -0.2) is 40.0 Å². The van der Waals surface area contributed by atoms with Crippen molar-refractivity contribution >= 4 is 0 Å². The summed E-state index contributed by atoms with van der Waals surface area (Å²) in [5.74, 6) is 1.94. The average molecular weight is 283 g/mol. The lowest BCUT2D eigenvalue weighted by Gasteiger charge is -2.38. The molecule has 3 atom stereocenters. The van der Waals surface area contributed by atoms with Gasteiger partial charge < -0.3 is 14.8 Å². The molecular weight excluding hydrogens is 250 g/mol. The normalized spacial score (nSPS) is 32.1. The summed E-state index contributed by atoms with van der Waals surface area (Å²) < 4.78 is 11.0. The first kappa shape index (κ1) is 16.3. The second kappa shape index (κ2) is 8.35. The van der Waals surface area contributed by atoms with Crippen molar-refractivity contribution in [2.24, 2.45) is 17.3 Å². The molecule has 0 aliphatic heterocycles.